The molecule has 140 valence electrons. The van der Waals surface area contributed by atoms with E-state index in [0.717, 1.165) is 11.3 Å². The van der Waals surface area contributed by atoms with Crippen LogP contribution in [0.5, 0.6) is 5.75 Å². The number of para-hydroxylation sites is 2. The van der Waals surface area contributed by atoms with Crippen LogP contribution in [0.4, 0.5) is 5.69 Å². The van der Waals surface area contributed by atoms with Gasteiger partial charge >= 0.3 is 0 Å². The van der Waals surface area contributed by atoms with Gasteiger partial charge in [0.1, 0.15) is 5.75 Å². The van der Waals surface area contributed by atoms with Crippen molar-refractivity contribution in [2.45, 2.75) is 13.0 Å². The number of methoxy groups -OCH3 is 1. The lowest BCUT2D eigenvalue weighted by Crippen LogP contribution is -2.46. The summed E-state index contributed by atoms with van der Waals surface area (Å²) in [6.07, 6.45) is 0. The van der Waals surface area contributed by atoms with Crippen molar-refractivity contribution in [3.8, 4) is 5.75 Å². The molecule has 0 aromatic heterocycles. The zero-order valence-electron chi connectivity index (χ0n) is 15.2. The van der Waals surface area contributed by atoms with Crippen LogP contribution in [0, 0.1) is 0 Å². The molecule has 0 bridgehead atoms. The second kappa shape index (κ2) is 7.98. The van der Waals surface area contributed by atoms with Crippen LogP contribution >= 0.6 is 23.8 Å². The summed E-state index contributed by atoms with van der Waals surface area (Å²) in [6, 6.07) is 14.3. The summed E-state index contributed by atoms with van der Waals surface area (Å²) in [5.41, 5.74) is 2.88. The molecule has 7 heteroatoms. The van der Waals surface area contributed by atoms with Crippen molar-refractivity contribution in [2.75, 3.05) is 19.5 Å². The highest BCUT2D eigenvalue weighted by Crippen LogP contribution is 2.32. The largest absolute Gasteiger partial charge is 0.495 e. The molecule has 3 rings (SSSR count). The molecule has 2 aromatic carbocycles. The van der Waals surface area contributed by atoms with Crippen molar-refractivity contribution in [1.29, 1.82) is 0 Å². The minimum atomic E-state index is -0.374. The molecular weight excluding hydrogens is 382 g/mol. The first-order valence-electron chi connectivity index (χ1n) is 8.37. The van der Waals surface area contributed by atoms with Crippen LogP contribution in [-0.4, -0.2) is 30.1 Å². The SMILES string of the molecule is COc1ccccc1NC(=O)C1=C(C)N(C)C(=S)N[C@@H]1c1ccc(Cl)cc1. The fourth-order valence-corrected chi connectivity index (χ4v) is 3.35. The number of carbonyl (C=O) groups is 1. The molecule has 1 aliphatic rings. The summed E-state index contributed by atoms with van der Waals surface area (Å²) in [6.45, 7) is 1.88. The van der Waals surface area contributed by atoms with E-state index in [0.29, 0.717) is 27.1 Å². The number of hydrogen-bond acceptors (Lipinski definition) is 3. The number of nitrogens with zero attached hydrogens (tertiary/aromatic N) is 1. The molecule has 5 nitrogen and oxygen atoms in total. The van der Waals surface area contributed by atoms with Gasteiger partial charge in [-0.25, -0.2) is 0 Å². The molecule has 0 fully saturated rings. The number of ether oxygens (including phenoxy) is 1. The zero-order chi connectivity index (χ0) is 19.6. The first kappa shape index (κ1) is 19.2. The highest BCUT2D eigenvalue weighted by molar-refractivity contribution is 7.80. The summed E-state index contributed by atoms with van der Waals surface area (Å²) < 4.78 is 5.33. The number of allylic oxidation sites excluding steroid dienone is 1. The van der Waals surface area contributed by atoms with Crippen molar-refractivity contribution in [2.24, 2.45) is 0 Å². The molecule has 0 spiro atoms. The van der Waals surface area contributed by atoms with E-state index in [9.17, 15) is 4.79 Å². The molecule has 0 radical (unpaired) electrons. The van der Waals surface area contributed by atoms with Gasteiger partial charge in [0.25, 0.3) is 5.91 Å². The molecule has 27 heavy (non-hydrogen) atoms. The number of thiocarbonyl (C=S) groups is 1. The smallest absolute Gasteiger partial charge is 0.255 e. The number of hydrogen-bond donors (Lipinski definition) is 2. The van der Waals surface area contributed by atoms with Gasteiger partial charge in [-0.3, -0.25) is 4.79 Å². The predicted octanol–water partition coefficient (Wildman–Crippen LogP) is 4.12. The first-order chi connectivity index (χ1) is 12.9. The first-order valence-corrected chi connectivity index (χ1v) is 9.15. The Labute approximate surface area is 169 Å². The van der Waals surface area contributed by atoms with E-state index >= 15 is 0 Å². The molecule has 2 N–H and O–H groups in total. The van der Waals surface area contributed by atoms with Gasteiger partial charge in [-0.1, -0.05) is 35.9 Å². The molecule has 1 aliphatic heterocycles. The van der Waals surface area contributed by atoms with E-state index in [1.54, 1.807) is 36.3 Å². The number of nitrogens with one attached hydrogen (secondary N) is 2. The molecule has 0 unspecified atom stereocenters. The van der Waals surface area contributed by atoms with Gasteiger partial charge in [-0.05, 0) is 49.0 Å². The lowest BCUT2D eigenvalue weighted by molar-refractivity contribution is -0.113. The summed E-state index contributed by atoms with van der Waals surface area (Å²) in [4.78, 5) is 15.0. The summed E-state index contributed by atoms with van der Waals surface area (Å²) >= 11 is 11.4. The van der Waals surface area contributed by atoms with Gasteiger partial charge in [0, 0.05) is 17.8 Å². The predicted molar refractivity (Wildman–Crippen MR) is 112 cm³/mol. The Kier molecular flexibility index (Phi) is 5.68. The van der Waals surface area contributed by atoms with E-state index in [1.807, 2.05) is 38.2 Å². The highest BCUT2D eigenvalue weighted by Gasteiger charge is 2.32. The standard InChI is InChI=1S/C20H20ClN3O2S/c1-12-17(19(25)22-15-6-4-5-7-16(15)26-3)18(23-20(27)24(12)2)13-8-10-14(21)11-9-13/h4-11,18H,1-3H3,(H,22,25)(H,23,27)/t18-/m1/s1. The third-order valence-corrected chi connectivity index (χ3v) is 5.20. The lowest BCUT2D eigenvalue weighted by Gasteiger charge is -2.35. The lowest BCUT2D eigenvalue weighted by atomic mass is 9.94. The van der Waals surface area contributed by atoms with Gasteiger partial charge < -0.3 is 20.3 Å². The summed E-state index contributed by atoms with van der Waals surface area (Å²) in [5, 5.41) is 7.38. The fourth-order valence-electron chi connectivity index (χ4n) is 2.97. The number of benzene rings is 2. The van der Waals surface area contributed by atoms with Crippen LogP contribution in [0.15, 0.2) is 59.8 Å². The topological polar surface area (TPSA) is 53.6 Å². The van der Waals surface area contributed by atoms with E-state index in [4.69, 9.17) is 28.6 Å². The minimum Gasteiger partial charge on any atom is -0.495 e. The maximum absolute atomic E-state index is 13.2. The summed E-state index contributed by atoms with van der Waals surface area (Å²) in [7, 11) is 3.40. The number of amides is 1. The van der Waals surface area contributed by atoms with Gasteiger partial charge in [-0.15, -0.1) is 0 Å². The number of anilines is 1. The molecule has 2 aromatic rings. The third-order valence-electron chi connectivity index (χ3n) is 4.56. The van der Waals surface area contributed by atoms with Crippen molar-refractivity contribution in [3.63, 3.8) is 0 Å². The average molecular weight is 402 g/mol. The Bertz CT molecular complexity index is 912. The van der Waals surface area contributed by atoms with Crippen LogP contribution in [0.1, 0.15) is 18.5 Å². The van der Waals surface area contributed by atoms with Crippen molar-refractivity contribution < 1.29 is 9.53 Å². The van der Waals surface area contributed by atoms with Crippen LogP contribution < -0.4 is 15.4 Å². The van der Waals surface area contributed by atoms with Crippen LogP contribution in [0.25, 0.3) is 0 Å². The zero-order valence-corrected chi connectivity index (χ0v) is 16.8. The van der Waals surface area contributed by atoms with E-state index in [1.165, 1.54) is 0 Å². The minimum absolute atomic E-state index is 0.223. The normalized spacial score (nSPS) is 16.8. The highest BCUT2D eigenvalue weighted by atomic mass is 35.5. The van der Waals surface area contributed by atoms with Crippen LogP contribution in [-0.2, 0) is 4.79 Å². The van der Waals surface area contributed by atoms with Crippen LogP contribution in [0.2, 0.25) is 5.02 Å². The maximum atomic E-state index is 13.2. The molecular formula is C20H20ClN3O2S. The van der Waals surface area contributed by atoms with Gasteiger partial charge in [0.2, 0.25) is 0 Å². The fraction of sp³-hybridized carbons (Fsp3) is 0.200. The van der Waals surface area contributed by atoms with E-state index in [-0.39, 0.29) is 11.9 Å². The van der Waals surface area contributed by atoms with E-state index in [2.05, 4.69) is 10.6 Å². The number of carbonyl (C=O) groups excluding carboxylic acids is 1. The third kappa shape index (κ3) is 3.91. The number of rotatable bonds is 4. The maximum Gasteiger partial charge on any atom is 0.255 e. The van der Waals surface area contributed by atoms with Gasteiger partial charge in [0.15, 0.2) is 5.11 Å². The van der Waals surface area contributed by atoms with Crippen molar-refractivity contribution >= 4 is 40.5 Å². The van der Waals surface area contributed by atoms with Gasteiger partial charge in [-0.2, -0.15) is 0 Å². The van der Waals surface area contributed by atoms with Crippen LogP contribution in [0.3, 0.4) is 0 Å². The van der Waals surface area contributed by atoms with Gasteiger partial charge in [0.05, 0.1) is 24.4 Å². The Balaban J connectivity index is 2.00. The van der Waals surface area contributed by atoms with Crippen molar-refractivity contribution in [3.05, 3.63) is 70.4 Å². The Morgan fingerprint density at radius 3 is 2.56 bits per heavy atom. The second-order valence-electron chi connectivity index (χ2n) is 6.15. The Hall–Kier alpha value is -2.57. The van der Waals surface area contributed by atoms with E-state index < -0.39 is 0 Å². The average Bonchev–Trinajstić information content (AvgIpc) is 2.66. The second-order valence-corrected chi connectivity index (χ2v) is 6.97. The Morgan fingerprint density at radius 2 is 1.89 bits per heavy atom. The number of halogens is 1. The quantitative estimate of drug-likeness (QED) is 0.755. The molecule has 0 saturated heterocycles. The molecule has 1 amide bonds. The molecule has 0 saturated carbocycles. The molecule has 0 aliphatic carbocycles. The van der Waals surface area contributed by atoms with Crippen molar-refractivity contribution in [1.82, 2.24) is 10.2 Å². The Morgan fingerprint density at radius 1 is 1.22 bits per heavy atom. The summed E-state index contributed by atoms with van der Waals surface area (Å²) in [5.74, 6) is 0.374. The monoisotopic (exact) mass is 401 g/mol. The molecule has 1 atom stereocenters. The molecule has 1 heterocycles.